The molecule has 0 spiro atoms. The van der Waals surface area contributed by atoms with Crippen LogP contribution >= 0.6 is 11.3 Å². The summed E-state index contributed by atoms with van der Waals surface area (Å²) in [4.78, 5) is 12.9. The first-order valence-corrected chi connectivity index (χ1v) is 8.40. The van der Waals surface area contributed by atoms with E-state index in [1.165, 1.54) is 11.3 Å². The smallest absolute Gasteiger partial charge is 0.303 e. The van der Waals surface area contributed by atoms with E-state index in [-0.39, 0.29) is 0 Å². The molecule has 0 radical (unpaired) electrons. The lowest BCUT2D eigenvalue weighted by Gasteiger charge is -2.03. The van der Waals surface area contributed by atoms with E-state index in [0.29, 0.717) is 21.7 Å². The minimum Gasteiger partial charge on any atom is -0.610 e. The van der Waals surface area contributed by atoms with E-state index in [1.54, 1.807) is 19.4 Å². The van der Waals surface area contributed by atoms with Crippen molar-refractivity contribution in [2.24, 2.45) is 0 Å². The third-order valence-corrected chi connectivity index (χ3v) is 5.31. The van der Waals surface area contributed by atoms with Crippen LogP contribution in [0.3, 0.4) is 0 Å². The number of thiazole rings is 1. The Morgan fingerprint density at radius 2 is 2.20 bits per heavy atom. The molecule has 0 aromatic carbocycles. The minimum atomic E-state index is -1.10. The molecule has 0 aliphatic carbocycles. The lowest BCUT2D eigenvalue weighted by Crippen LogP contribution is -1.95. The first-order chi connectivity index (χ1) is 9.60. The molecular weight excluding hydrogens is 296 g/mol. The predicted molar refractivity (Wildman–Crippen MR) is 77.2 cm³/mol. The van der Waals surface area contributed by atoms with Crippen LogP contribution in [0.2, 0.25) is 0 Å². The molecule has 1 atom stereocenters. The highest BCUT2D eigenvalue weighted by Gasteiger charge is 2.20. The van der Waals surface area contributed by atoms with Crippen molar-refractivity contribution >= 4 is 32.9 Å². The van der Waals surface area contributed by atoms with E-state index in [4.69, 9.17) is 4.52 Å². The van der Waals surface area contributed by atoms with Crippen molar-refractivity contribution < 1.29 is 9.08 Å². The van der Waals surface area contributed by atoms with Gasteiger partial charge in [-0.3, -0.25) is 0 Å². The Morgan fingerprint density at radius 3 is 2.80 bits per heavy atom. The number of aromatic nitrogens is 4. The van der Waals surface area contributed by atoms with Gasteiger partial charge in [0, 0.05) is 29.9 Å². The highest BCUT2D eigenvalue weighted by molar-refractivity contribution is 7.92. The Morgan fingerprint density at radius 1 is 1.40 bits per heavy atom. The number of aryl methyl sites for hydroxylation is 2. The van der Waals surface area contributed by atoms with E-state index in [0.717, 1.165) is 22.2 Å². The van der Waals surface area contributed by atoms with Crippen LogP contribution in [-0.4, -0.2) is 30.9 Å². The van der Waals surface area contributed by atoms with Crippen molar-refractivity contribution in [1.82, 2.24) is 20.1 Å². The van der Waals surface area contributed by atoms with E-state index in [2.05, 4.69) is 20.1 Å². The molecular formula is C12H12N4O2S2. The average molecular weight is 308 g/mol. The average Bonchev–Trinajstić information content (AvgIpc) is 3.03. The van der Waals surface area contributed by atoms with Crippen molar-refractivity contribution in [1.29, 1.82) is 0 Å². The van der Waals surface area contributed by atoms with E-state index in [9.17, 15) is 4.55 Å². The number of pyridine rings is 1. The van der Waals surface area contributed by atoms with Crippen molar-refractivity contribution in [2.45, 2.75) is 24.6 Å². The first kappa shape index (κ1) is 13.5. The monoisotopic (exact) mass is 308 g/mol. The van der Waals surface area contributed by atoms with E-state index < -0.39 is 11.2 Å². The molecule has 20 heavy (non-hydrogen) atoms. The second-order valence-electron chi connectivity index (χ2n) is 4.23. The van der Waals surface area contributed by atoms with Gasteiger partial charge < -0.3 is 9.08 Å². The van der Waals surface area contributed by atoms with E-state index in [1.807, 2.05) is 6.92 Å². The van der Waals surface area contributed by atoms with Gasteiger partial charge in [-0.1, -0.05) is 23.4 Å². The van der Waals surface area contributed by atoms with Crippen molar-refractivity contribution in [3.8, 4) is 11.4 Å². The van der Waals surface area contributed by atoms with Gasteiger partial charge in [-0.25, -0.2) is 4.98 Å². The summed E-state index contributed by atoms with van der Waals surface area (Å²) in [7, 11) is 0. The first-order valence-electron chi connectivity index (χ1n) is 6.02. The molecule has 3 heterocycles. The van der Waals surface area contributed by atoms with Crippen LogP contribution in [0.5, 0.6) is 0 Å². The van der Waals surface area contributed by atoms with Gasteiger partial charge in [0.05, 0.1) is 4.70 Å². The summed E-state index contributed by atoms with van der Waals surface area (Å²) < 4.78 is 18.1. The maximum Gasteiger partial charge on any atom is 0.303 e. The number of nitrogens with zero attached hydrogens (tertiary/aromatic N) is 4. The largest absolute Gasteiger partial charge is 0.610 e. The zero-order valence-electron chi connectivity index (χ0n) is 11.2. The molecule has 0 amide bonds. The Kier molecular flexibility index (Phi) is 3.45. The molecule has 1 unspecified atom stereocenters. The molecule has 0 saturated carbocycles. The van der Waals surface area contributed by atoms with Crippen LogP contribution in [0.25, 0.3) is 21.7 Å². The third kappa shape index (κ3) is 2.19. The Labute approximate surface area is 122 Å². The second kappa shape index (κ2) is 5.12. The number of fused-ring (bicyclic) bond motifs is 1. The lowest BCUT2D eigenvalue weighted by molar-refractivity contribution is 0.394. The van der Waals surface area contributed by atoms with Gasteiger partial charge in [0.25, 0.3) is 0 Å². The predicted octanol–water partition coefficient (Wildman–Crippen LogP) is 2.35. The van der Waals surface area contributed by atoms with Crippen LogP contribution in [0.15, 0.2) is 15.1 Å². The Balaban J connectivity index is 2.23. The van der Waals surface area contributed by atoms with Crippen LogP contribution < -0.4 is 0 Å². The highest BCUT2D eigenvalue weighted by atomic mass is 32.2. The van der Waals surface area contributed by atoms with Crippen molar-refractivity contribution in [3.63, 3.8) is 0 Å². The Bertz CT molecular complexity index is 766. The number of hydrogen-bond acceptors (Lipinski definition) is 7. The van der Waals surface area contributed by atoms with Gasteiger partial charge >= 0.3 is 4.34 Å². The molecule has 0 bridgehead atoms. The highest BCUT2D eigenvalue weighted by Crippen LogP contribution is 2.32. The molecule has 0 aliphatic rings. The zero-order chi connectivity index (χ0) is 14.3. The maximum absolute atomic E-state index is 11.6. The van der Waals surface area contributed by atoms with Crippen molar-refractivity contribution in [2.75, 3.05) is 6.26 Å². The summed E-state index contributed by atoms with van der Waals surface area (Å²) in [6, 6.07) is 0. The van der Waals surface area contributed by atoms with Gasteiger partial charge in [0.15, 0.2) is 5.65 Å². The van der Waals surface area contributed by atoms with Crippen LogP contribution in [-0.2, 0) is 17.6 Å². The summed E-state index contributed by atoms with van der Waals surface area (Å²) in [6.45, 7) is 3.80. The third-order valence-electron chi connectivity index (χ3n) is 2.87. The van der Waals surface area contributed by atoms with Crippen LogP contribution in [0.4, 0.5) is 0 Å². The molecule has 0 aliphatic heterocycles. The minimum absolute atomic E-state index is 0.516. The molecule has 3 rings (SSSR count). The molecule has 0 saturated heterocycles. The quantitative estimate of drug-likeness (QED) is 0.690. The number of hydrogen-bond donors (Lipinski definition) is 0. The molecule has 0 fully saturated rings. The number of rotatable bonds is 3. The second-order valence-corrected chi connectivity index (χ2v) is 6.78. The van der Waals surface area contributed by atoms with E-state index >= 15 is 0 Å². The summed E-state index contributed by atoms with van der Waals surface area (Å²) in [5.41, 5.74) is 2.53. The normalized spacial score (nSPS) is 13.0. The standard InChI is InChI=1S/C12H12N4O2S2/c1-4-7-8(10-14-6(2)18-16-10)5-13-11-9(7)19-12(15-11)20(3)17/h5H,4H2,1-3H3. The van der Waals surface area contributed by atoms with Gasteiger partial charge in [-0.2, -0.15) is 9.97 Å². The van der Waals surface area contributed by atoms with Gasteiger partial charge in [0.1, 0.15) is 6.26 Å². The molecule has 3 aromatic rings. The topological polar surface area (TPSA) is 87.8 Å². The summed E-state index contributed by atoms with van der Waals surface area (Å²) in [5, 5.41) is 3.94. The molecule has 8 heteroatoms. The van der Waals surface area contributed by atoms with Crippen molar-refractivity contribution in [3.05, 3.63) is 17.7 Å². The zero-order valence-corrected chi connectivity index (χ0v) is 12.8. The fourth-order valence-corrected chi connectivity index (χ4v) is 3.79. The summed E-state index contributed by atoms with van der Waals surface area (Å²) >= 11 is 0.311. The van der Waals surface area contributed by atoms with Gasteiger partial charge in [-0.15, -0.1) is 0 Å². The fraction of sp³-hybridized carbons (Fsp3) is 0.333. The van der Waals surface area contributed by atoms with Gasteiger partial charge in [-0.05, 0) is 12.0 Å². The summed E-state index contributed by atoms with van der Waals surface area (Å²) in [5.74, 6) is 1.04. The van der Waals surface area contributed by atoms with Crippen LogP contribution in [0.1, 0.15) is 18.4 Å². The Hall–Kier alpha value is -1.51. The van der Waals surface area contributed by atoms with Crippen LogP contribution in [0, 0.1) is 6.92 Å². The lowest BCUT2D eigenvalue weighted by atomic mass is 10.1. The summed E-state index contributed by atoms with van der Waals surface area (Å²) in [6.07, 6.45) is 4.11. The maximum atomic E-state index is 11.6. The molecule has 6 nitrogen and oxygen atoms in total. The molecule has 0 N–H and O–H groups in total. The van der Waals surface area contributed by atoms with Gasteiger partial charge in [0.2, 0.25) is 11.7 Å². The molecule has 3 aromatic heterocycles. The molecule has 104 valence electrons. The fourth-order valence-electron chi connectivity index (χ4n) is 1.98. The SMILES string of the molecule is CCc1c(-c2noc(C)n2)cnc2nc([S+](C)[O-])sc12.